The minimum atomic E-state index is 0.390. The molecule has 0 aromatic carbocycles. The minimum absolute atomic E-state index is 0.390. The van der Waals surface area contributed by atoms with Gasteiger partial charge in [-0.2, -0.15) is 0 Å². The number of nitrogens with zero attached hydrogens (tertiary/aromatic N) is 4. The zero-order chi connectivity index (χ0) is 15.2. The Balaban J connectivity index is 1.36. The highest BCUT2D eigenvalue weighted by molar-refractivity contribution is 5.76. The van der Waals surface area contributed by atoms with Crippen LogP contribution in [0.25, 0.3) is 0 Å². The minimum Gasteiger partial charge on any atom is -0.340 e. The van der Waals surface area contributed by atoms with Gasteiger partial charge in [0.15, 0.2) is 0 Å². The molecule has 1 aromatic heterocycles. The Labute approximate surface area is 133 Å². The number of piperazine rings is 1. The molecule has 2 heterocycles. The highest BCUT2D eigenvalue weighted by Crippen LogP contribution is 2.27. The quantitative estimate of drug-likeness (QED) is 0.835. The number of carbonyl (C=O) groups excluding carboxylic acids is 1. The van der Waals surface area contributed by atoms with Gasteiger partial charge >= 0.3 is 0 Å². The molecule has 1 aliphatic carbocycles. The molecule has 2 fully saturated rings. The van der Waals surface area contributed by atoms with Gasteiger partial charge < -0.3 is 9.47 Å². The van der Waals surface area contributed by atoms with Crippen LogP contribution >= 0.6 is 0 Å². The Kier molecular flexibility index (Phi) is 5.48. The van der Waals surface area contributed by atoms with Gasteiger partial charge in [-0.05, 0) is 18.8 Å². The van der Waals surface area contributed by atoms with Gasteiger partial charge in [-0.25, -0.2) is 4.98 Å². The van der Waals surface area contributed by atoms with E-state index in [1.54, 1.807) is 0 Å². The molecule has 0 bridgehead atoms. The second-order valence-electron chi connectivity index (χ2n) is 6.73. The van der Waals surface area contributed by atoms with Gasteiger partial charge in [0.2, 0.25) is 5.91 Å². The van der Waals surface area contributed by atoms with E-state index in [1.807, 2.05) is 18.7 Å². The second kappa shape index (κ2) is 7.77. The molecule has 1 saturated heterocycles. The van der Waals surface area contributed by atoms with Crippen LogP contribution in [0.15, 0.2) is 18.7 Å². The smallest absolute Gasteiger partial charge is 0.222 e. The van der Waals surface area contributed by atoms with Crippen molar-refractivity contribution in [2.45, 2.75) is 45.1 Å². The van der Waals surface area contributed by atoms with Gasteiger partial charge in [-0.1, -0.05) is 19.3 Å². The van der Waals surface area contributed by atoms with Crippen LogP contribution < -0.4 is 0 Å². The van der Waals surface area contributed by atoms with Crippen LogP contribution in [-0.2, 0) is 11.3 Å². The Hall–Kier alpha value is -1.36. The van der Waals surface area contributed by atoms with Crippen molar-refractivity contribution in [3.63, 3.8) is 0 Å². The lowest BCUT2D eigenvalue weighted by atomic mass is 9.86. The van der Waals surface area contributed by atoms with E-state index >= 15 is 0 Å². The topological polar surface area (TPSA) is 41.4 Å². The van der Waals surface area contributed by atoms with Crippen LogP contribution in [0.2, 0.25) is 0 Å². The summed E-state index contributed by atoms with van der Waals surface area (Å²) in [7, 11) is 0. The molecule has 1 amide bonds. The van der Waals surface area contributed by atoms with E-state index in [-0.39, 0.29) is 0 Å². The van der Waals surface area contributed by atoms with Crippen molar-refractivity contribution in [3.05, 3.63) is 18.7 Å². The van der Waals surface area contributed by atoms with E-state index < -0.39 is 0 Å². The predicted molar refractivity (Wildman–Crippen MR) is 86.4 cm³/mol. The maximum Gasteiger partial charge on any atom is 0.222 e. The standard InChI is InChI=1S/C17H28N4O/c22-17(14-16-4-2-1-3-5-16)21-12-10-19(11-13-21)8-9-20-7-6-18-15-20/h6-7,15-16H,1-5,8-14H2. The van der Waals surface area contributed by atoms with Gasteiger partial charge in [-0.15, -0.1) is 0 Å². The van der Waals surface area contributed by atoms with E-state index in [1.165, 1.54) is 32.1 Å². The largest absolute Gasteiger partial charge is 0.340 e. The van der Waals surface area contributed by atoms with Crippen molar-refractivity contribution in [1.29, 1.82) is 0 Å². The molecule has 1 aromatic rings. The van der Waals surface area contributed by atoms with Crippen LogP contribution in [0.5, 0.6) is 0 Å². The lowest BCUT2D eigenvalue weighted by Gasteiger charge is -2.35. The summed E-state index contributed by atoms with van der Waals surface area (Å²) in [6.45, 7) is 5.83. The van der Waals surface area contributed by atoms with Crippen LogP contribution in [0.3, 0.4) is 0 Å². The van der Waals surface area contributed by atoms with Gasteiger partial charge in [0.1, 0.15) is 0 Å². The molecule has 5 nitrogen and oxygen atoms in total. The predicted octanol–water partition coefficient (Wildman–Crippen LogP) is 2.00. The normalized spacial score (nSPS) is 21.2. The Morgan fingerprint density at radius 3 is 2.50 bits per heavy atom. The van der Waals surface area contributed by atoms with Gasteiger partial charge in [0, 0.05) is 58.1 Å². The fraction of sp³-hybridized carbons (Fsp3) is 0.765. The lowest BCUT2D eigenvalue weighted by molar-refractivity contribution is -0.134. The van der Waals surface area contributed by atoms with Crippen molar-refractivity contribution in [2.75, 3.05) is 32.7 Å². The van der Waals surface area contributed by atoms with Gasteiger partial charge in [-0.3, -0.25) is 9.69 Å². The molecule has 0 atom stereocenters. The van der Waals surface area contributed by atoms with Crippen molar-refractivity contribution in [2.24, 2.45) is 5.92 Å². The molecular weight excluding hydrogens is 276 g/mol. The maximum absolute atomic E-state index is 12.4. The molecule has 0 N–H and O–H groups in total. The summed E-state index contributed by atoms with van der Waals surface area (Å²) in [5, 5.41) is 0. The number of aromatic nitrogens is 2. The zero-order valence-corrected chi connectivity index (χ0v) is 13.5. The summed E-state index contributed by atoms with van der Waals surface area (Å²) in [4.78, 5) is 21.0. The first-order chi connectivity index (χ1) is 10.8. The first-order valence-corrected chi connectivity index (χ1v) is 8.77. The van der Waals surface area contributed by atoms with Crippen molar-refractivity contribution >= 4 is 5.91 Å². The third-order valence-corrected chi connectivity index (χ3v) is 5.15. The van der Waals surface area contributed by atoms with Crippen LogP contribution in [-0.4, -0.2) is 58.0 Å². The number of rotatable bonds is 5. The van der Waals surface area contributed by atoms with E-state index in [0.29, 0.717) is 11.8 Å². The van der Waals surface area contributed by atoms with Crippen LogP contribution in [0.1, 0.15) is 38.5 Å². The van der Waals surface area contributed by atoms with E-state index in [9.17, 15) is 4.79 Å². The average molecular weight is 304 g/mol. The molecule has 0 radical (unpaired) electrons. The number of amides is 1. The number of carbonyl (C=O) groups is 1. The van der Waals surface area contributed by atoms with E-state index in [2.05, 4.69) is 19.4 Å². The molecule has 3 rings (SSSR count). The molecule has 0 unspecified atom stereocenters. The third kappa shape index (κ3) is 4.32. The second-order valence-corrected chi connectivity index (χ2v) is 6.73. The molecule has 22 heavy (non-hydrogen) atoms. The van der Waals surface area contributed by atoms with E-state index in [4.69, 9.17) is 0 Å². The summed E-state index contributed by atoms with van der Waals surface area (Å²) in [5.74, 6) is 1.04. The summed E-state index contributed by atoms with van der Waals surface area (Å²) >= 11 is 0. The molecular formula is C17H28N4O. The highest BCUT2D eigenvalue weighted by Gasteiger charge is 2.24. The fourth-order valence-corrected chi connectivity index (χ4v) is 3.66. The third-order valence-electron chi connectivity index (χ3n) is 5.15. The lowest BCUT2D eigenvalue weighted by Crippen LogP contribution is -2.49. The maximum atomic E-state index is 12.4. The monoisotopic (exact) mass is 304 g/mol. The Morgan fingerprint density at radius 1 is 1.05 bits per heavy atom. The molecule has 5 heteroatoms. The SMILES string of the molecule is O=C(CC1CCCCC1)N1CCN(CCn2ccnc2)CC1. The summed E-state index contributed by atoms with van der Waals surface area (Å²) in [6, 6.07) is 0. The molecule has 0 spiro atoms. The molecule has 122 valence electrons. The number of hydrogen-bond acceptors (Lipinski definition) is 3. The first kappa shape index (κ1) is 15.5. The summed E-state index contributed by atoms with van der Waals surface area (Å²) < 4.78 is 2.11. The first-order valence-electron chi connectivity index (χ1n) is 8.77. The zero-order valence-electron chi connectivity index (χ0n) is 13.5. The van der Waals surface area contributed by atoms with Crippen LogP contribution in [0, 0.1) is 5.92 Å². The van der Waals surface area contributed by atoms with Crippen LogP contribution in [0.4, 0.5) is 0 Å². The Morgan fingerprint density at radius 2 is 1.82 bits per heavy atom. The molecule has 1 saturated carbocycles. The molecule has 2 aliphatic rings. The molecule has 1 aliphatic heterocycles. The van der Waals surface area contributed by atoms with Gasteiger partial charge in [0.25, 0.3) is 0 Å². The highest BCUT2D eigenvalue weighted by atomic mass is 16.2. The summed E-state index contributed by atoms with van der Waals surface area (Å²) in [6.07, 6.45) is 13.0. The Bertz CT molecular complexity index is 445. The number of hydrogen-bond donors (Lipinski definition) is 0. The number of imidazole rings is 1. The fourth-order valence-electron chi connectivity index (χ4n) is 3.66. The van der Waals surface area contributed by atoms with Crippen molar-refractivity contribution in [1.82, 2.24) is 19.4 Å². The van der Waals surface area contributed by atoms with Crippen molar-refractivity contribution < 1.29 is 4.79 Å². The average Bonchev–Trinajstić information content (AvgIpc) is 3.08. The van der Waals surface area contributed by atoms with Crippen molar-refractivity contribution in [3.8, 4) is 0 Å². The van der Waals surface area contributed by atoms with Gasteiger partial charge in [0.05, 0.1) is 6.33 Å². The summed E-state index contributed by atoms with van der Waals surface area (Å²) in [5.41, 5.74) is 0. The van der Waals surface area contributed by atoms with E-state index in [0.717, 1.165) is 45.7 Å².